The number of aryl methyl sites for hydroxylation is 1. The highest BCUT2D eigenvalue weighted by molar-refractivity contribution is 5.22. The summed E-state index contributed by atoms with van der Waals surface area (Å²) in [7, 11) is 0. The summed E-state index contributed by atoms with van der Waals surface area (Å²) in [5, 5.41) is 7.51. The molecule has 3 nitrogen and oxygen atoms in total. The first-order valence-electron chi connectivity index (χ1n) is 8.57. The van der Waals surface area contributed by atoms with Crippen LogP contribution in [0.5, 0.6) is 0 Å². The molecule has 0 saturated carbocycles. The Morgan fingerprint density at radius 2 is 2.14 bits per heavy atom. The van der Waals surface area contributed by atoms with Gasteiger partial charge in [-0.2, -0.15) is 5.10 Å². The van der Waals surface area contributed by atoms with Crippen molar-refractivity contribution in [2.75, 3.05) is 19.6 Å². The quantitative estimate of drug-likeness (QED) is 0.906. The summed E-state index contributed by atoms with van der Waals surface area (Å²) >= 11 is 0. The van der Waals surface area contributed by atoms with Crippen LogP contribution in [0.3, 0.4) is 0 Å². The third-order valence-corrected chi connectivity index (χ3v) is 4.95. The second kappa shape index (κ2) is 7.10. The van der Waals surface area contributed by atoms with Crippen molar-refractivity contribution in [2.45, 2.75) is 44.9 Å². The Hall–Kier alpha value is -1.61. The summed E-state index contributed by atoms with van der Waals surface area (Å²) < 4.78 is 0. The van der Waals surface area contributed by atoms with Gasteiger partial charge in [0.2, 0.25) is 0 Å². The zero-order valence-corrected chi connectivity index (χ0v) is 13.8. The molecule has 2 aromatic rings. The Morgan fingerprint density at radius 1 is 1.32 bits per heavy atom. The first kappa shape index (κ1) is 15.3. The molecule has 118 valence electrons. The number of hydrogen-bond donors (Lipinski definition) is 1. The number of piperidine rings is 1. The SMILES string of the molecule is CCc1cn[nH]c1[C@H]1CCCN(C[C@@H](C)c2ccccc2)C1. The highest BCUT2D eigenvalue weighted by Crippen LogP contribution is 2.29. The summed E-state index contributed by atoms with van der Waals surface area (Å²) in [6.07, 6.45) is 5.64. The van der Waals surface area contributed by atoms with Gasteiger partial charge in [-0.15, -0.1) is 0 Å². The van der Waals surface area contributed by atoms with Gasteiger partial charge in [0.05, 0.1) is 6.20 Å². The molecule has 0 bridgehead atoms. The predicted molar refractivity (Wildman–Crippen MR) is 91.2 cm³/mol. The average molecular weight is 297 g/mol. The zero-order chi connectivity index (χ0) is 15.4. The standard InChI is InChI=1S/C19H27N3/c1-3-16-12-20-21-19(16)18-10-7-11-22(14-18)13-15(2)17-8-5-4-6-9-17/h4-6,8-9,12,15,18H,3,7,10-11,13-14H2,1-2H3,(H,20,21)/t15-,18+/m1/s1. The number of H-pyrrole nitrogens is 1. The average Bonchev–Trinajstić information content (AvgIpc) is 3.04. The molecule has 0 radical (unpaired) electrons. The van der Waals surface area contributed by atoms with Gasteiger partial charge in [-0.05, 0) is 42.9 Å². The molecule has 0 spiro atoms. The van der Waals surface area contributed by atoms with E-state index in [0.717, 1.165) is 19.5 Å². The van der Waals surface area contributed by atoms with Crippen LogP contribution in [0.4, 0.5) is 0 Å². The second-order valence-electron chi connectivity index (χ2n) is 6.57. The Kier molecular flexibility index (Phi) is 4.94. The first-order chi connectivity index (χ1) is 10.8. The van der Waals surface area contributed by atoms with Gasteiger partial charge in [0.15, 0.2) is 0 Å². The van der Waals surface area contributed by atoms with Gasteiger partial charge in [0, 0.05) is 24.7 Å². The van der Waals surface area contributed by atoms with Crippen LogP contribution >= 0.6 is 0 Å². The minimum absolute atomic E-state index is 0.590. The first-order valence-corrected chi connectivity index (χ1v) is 8.57. The van der Waals surface area contributed by atoms with E-state index in [1.807, 2.05) is 6.20 Å². The number of likely N-dealkylation sites (tertiary alicyclic amines) is 1. The van der Waals surface area contributed by atoms with E-state index >= 15 is 0 Å². The third kappa shape index (κ3) is 3.41. The molecular weight excluding hydrogens is 270 g/mol. The normalized spacial score (nSPS) is 20.9. The van der Waals surface area contributed by atoms with Crippen molar-refractivity contribution < 1.29 is 0 Å². The van der Waals surface area contributed by atoms with Crippen LogP contribution in [0.1, 0.15) is 55.3 Å². The number of benzene rings is 1. The van der Waals surface area contributed by atoms with Crippen LogP contribution in [-0.4, -0.2) is 34.7 Å². The highest BCUT2D eigenvalue weighted by Gasteiger charge is 2.25. The van der Waals surface area contributed by atoms with Crippen molar-refractivity contribution in [2.24, 2.45) is 0 Å². The number of nitrogens with zero attached hydrogens (tertiary/aromatic N) is 2. The molecule has 0 unspecified atom stereocenters. The monoisotopic (exact) mass is 297 g/mol. The number of rotatable bonds is 5. The fraction of sp³-hybridized carbons (Fsp3) is 0.526. The maximum Gasteiger partial charge on any atom is 0.0522 e. The fourth-order valence-electron chi connectivity index (χ4n) is 3.69. The number of aromatic nitrogens is 2. The molecule has 1 aliphatic rings. The van der Waals surface area contributed by atoms with E-state index in [4.69, 9.17) is 0 Å². The number of hydrogen-bond acceptors (Lipinski definition) is 2. The molecule has 1 N–H and O–H groups in total. The van der Waals surface area contributed by atoms with E-state index in [1.165, 1.54) is 36.2 Å². The summed E-state index contributed by atoms with van der Waals surface area (Å²) in [4.78, 5) is 2.63. The molecule has 1 aliphatic heterocycles. The van der Waals surface area contributed by atoms with Crippen LogP contribution in [0.2, 0.25) is 0 Å². The molecule has 1 fully saturated rings. The van der Waals surface area contributed by atoms with Crippen molar-refractivity contribution in [1.82, 2.24) is 15.1 Å². The summed E-state index contributed by atoms with van der Waals surface area (Å²) in [6.45, 7) is 8.09. The van der Waals surface area contributed by atoms with Gasteiger partial charge in [-0.1, -0.05) is 44.2 Å². The van der Waals surface area contributed by atoms with Gasteiger partial charge >= 0.3 is 0 Å². The van der Waals surface area contributed by atoms with E-state index in [2.05, 4.69) is 59.3 Å². The van der Waals surface area contributed by atoms with Gasteiger partial charge in [0.25, 0.3) is 0 Å². The molecular formula is C19H27N3. The van der Waals surface area contributed by atoms with Gasteiger partial charge in [0.1, 0.15) is 0 Å². The zero-order valence-electron chi connectivity index (χ0n) is 13.8. The summed E-state index contributed by atoms with van der Waals surface area (Å²) in [5.41, 5.74) is 4.21. The smallest absolute Gasteiger partial charge is 0.0522 e. The number of aromatic amines is 1. The maximum atomic E-state index is 4.26. The minimum atomic E-state index is 0.590. The van der Waals surface area contributed by atoms with Crippen LogP contribution in [0.15, 0.2) is 36.5 Å². The lowest BCUT2D eigenvalue weighted by Crippen LogP contribution is -2.37. The van der Waals surface area contributed by atoms with Crippen molar-refractivity contribution in [3.8, 4) is 0 Å². The molecule has 22 heavy (non-hydrogen) atoms. The Bertz CT molecular complexity index is 575. The van der Waals surface area contributed by atoms with E-state index in [-0.39, 0.29) is 0 Å². The van der Waals surface area contributed by atoms with Gasteiger partial charge < -0.3 is 4.90 Å². The van der Waals surface area contributed by atoms with Crippen LogP contribution in [-0.2, 0) is 6.42 Å². The molecule has 0 amide bonds. The minimum Gasteiger partial charge on any atom is -0.302 e. The Balaban J connectivity index is 1.63. The van der Waals surface area contributed by atoms with Crippen LogP contribution in [0, 0.1) is 0 Å². The lowest BCUT2D eigenvalue weighted by Gasteiger charge is -2.34. The van der Waals surface area contributed by atoms with Crippen molar-refractivity contribution in [1.29, 1.82) is 0 Å². The third-order valence-electron chi connectivity index (χ3n) is 4.95. The predicted octanol–water partition coefficient (Wildman–Crippen LogP) is 3.96. The van der Waals surface area contributed by atoms with E-state index in [9.17, 15) is 0 Å². The Morgan fingerprint density at radius 3 is 2.91 bits per heavy atom. The molecule has 0 aliphatic carbocycles. The largest absolute Gasteiger partial charge is 0.302 e. The van der Waals surface area contributed by atoms with Gasteiger partial charge in [-0.25, -0.2) is 0 Å². The molecule has 2 heterocycles. The fourth-order valence-corrected chi connectivity index (χ4v) is 3.69. The Labute approximate surface area is 133 Å². The van der Waals surface area contributed by atoms with Gasteiger partial charge in [-0.3, -0.25) is 5.10 Å². The number of nitrogens with one attached hydrogen (secondary N) is 1. The van der Waals surface area contributed by atoms with Crippen molar-refractivity contribution in [3.05, 3.63) is 53.3 Å². The summed E-state index contributed by atoms with van der Waals surface area (Å²) in [6, 6.07) is 10.9. The molecule has 3 rings (SSSR count). The van der Waals surface area contributed by atoms with E-state index < -0.39 is 0 Å². The topological polar surface area (TPSA) is 31.9 Å². The second-order valence-corrected chi connectivity index (χ2v) is 6.57. The van der Waals surface area contributed by atoms with Crippen molar-refractivity contribution in [3.63, 3.8) is 0 Å². The van der Waals surface area contributed by atoms with Crippen LogP contribution < -0.4 is 0 Å². The molecule has 1 aromatic heterocycles. The lowest BCUT2D eigenvalue weighted by atomic mass is 9.91. The van der Waals surface area contributed by atoms with Crippen LogP contribution in [0.25, 0.3) is 0 Å². The molecule has 2 atom stereocenters. The van der Waals surface area contributed by atoms with Crippen molar-refractivity contribution >= 4 is 0 Å². The molecule has 3 heteroatoms. The molecule has 1 saturated heterocycles. The highest BCUT2D eigenvalue weighted by atomic mass is 15.2. The summed E-state index contributed by atoms with van der Waals surface area (Å²) in [5.74, 6) is 1.21. The van der Waals surface area contributed by atoms with E-state index in [1.54, 1.807) is 0 Å². The lowest BCUT2D eigenvalue weighted by molar-refractivity contribution is 0.197. The van der Waals surface area contributed by atoms with E-state index in [0.29, 0.717) is 11.8 Å². The molecule has 1 aromatic carbocycles. The maximum absolute atomic E-state index is 4.26.